The molecule has 0 saturated heterocycles. The molecule has 3 saturated carbocycles. The number of hydrogen-bond donors (Lipinski definition) is 0. The summed E-state index contributed by atoms with van der Waals surface area (Å²) < 4.78 is 5.73. The van der Waals surface area contributed by atoms with Crippen LogP contribution in [-0.2, 0) is 14.3 Å². The Morgan fingerprint density at radius 2 is 2.12 bits per heavy atom. The van der Waals surface area contributed by atoms with Crippen molar-refractivity contribution in [3.63, 3.8) is 0 Å². The van der Waals surface area contributed by atoms with E-state index in [1.807, 2.05) is 0 Å². The monoisotopic (exact) mass is 354 g/mol. The van der Waals surface area contributed by atoms with Gasteiger partial charge in [-0.05, 0) is 56.3 Å². The first-order chi connectivity index (χ1) is 12.4. The van der Waals surface area contributed by atoms with Crippen LogP contribution >= 0.6 is 0 Å². The number of esters is 1. The van der Waals surface area contributed by atoms with Crippen LogP contribution in [0.5, 0.6) is 0 Å². The maximum Gasteiger partial charge on any atom is 0.302 e. The highest BCUT2D eigenvalue weighted by atomic mass is 16.5. The van der Waals surface area contributed by atoms with E-state index < -0.39 is 0 Å². The first-order valence-corrected chi connectivity index (χ1v) is 10.2. The van der Waals surface area contributed by atoms with Gasteiger partial charge < -0.3 is 4.74 Å². The number of carbonyl (C=O) groups excluding carboxylic acids is 2. The highest BCUT2D eigenvalue weighted by molar-refractivity contribution is 5.82. The van der Waals surface area contributed by atoms with Crippen LogP contribution in [0.25, 0.3) is 0 Å². The minimum atomic E-state index is -0.153. The molecule has 0 radical (unpaired) electrons. The molecule has 1 unspecified atom stereocenters. The summed E-state index contributed by atoms with van der Waals surface area (Å²) in [6, 6.07) is 0. The van der Waals surface area contributed by atoms with Crippen LogP contribution in [-0.4, -0.2) is 17.9 Å². The Bertz CT molecular complexity index is 699. The Balaban J connectivity index is 1.67. The zero-order valence-electron chi connectivity index (χ0n) is 16.1. The molecule has 3 nitrogen and oxygen atoms in total. The molecule has 0 aromatic heterocycles. The molecule has 140 valence electrons. The van der Waals surface area contributed by atoms with Crippen LogP contribution in [0, 0.1) is 40.9 Å². The van der Waals surface area contributed by atoms with Crippen molar-refractivity contribution in [1.82, 2.24) is 0 Å². The first-order valence-electron chi connectivity index (χ1n) is 10.2. The molecule has 0 bridgehead atoms. The predicted molar refractivity (Wildman–Crippen MR) is 100 cm³/mol. The number of Topliss-reactive ketones (excluding diaryl/α,β-unsaturated/α-hetero) is 1. The summed E-state index contributed by atoms with van der Waals surface area (Å²) in [6.45, 7) is 3.87. The molecule has 0 aromatic carbocycles. The van der Waals surface area contributed by atoms with Gasteiger partial charge in [-0.2, -0.15) is 0 Å². The lowest BCUT2D eigenvalue weighted by atomic mass is 9.47. The number of allylic oxidation sites excluding steroid dienone is 2. The summed E-state index contributed by atoms with van der Waals surface area (Å²) in [7, 11) is 0. The number of ether oxygens (including phenoxy) is 1. The molecule has 0 aliphatic heterocycles. The van der Waals surface area contributed by atoms with Crippen molar-refractivity contribution in [1.29, 1.82) is 0 Å². The topological polar surface area (TPSA) is 43.4 Å². The van der Waals surface area contributed by atoms with Crippen molar-refractivity contribution in [3.05, 3.63) is 11.6 Å². The van der Waals surface area contributed by atoms with Crippen LogP contribution < -0.4 is 0 Å². The summed E-state index contributed by atoms with van der Waals surface area (Å²) in [6.07, 6.45) is 16.7. The van der Waals surface area contributed by atoms with Gasteiger partial charge in [-0.3, -0.25) is 9.59 Å². The molecule has 4 aliphatic rings. The molecule has 3 fully saturated rings. The third-order valence-electron chi connectivity index (χ3n) is 8.30. The summed E-state index contributed by atoms with van der Waals surface area (Å²) in [5, 5.41) is 0. The van der Waals surface area contributed by atoms with Crippen molar-refractivity contribution >= 4 is 11.8 Å². The number of fused-ring (bicyclic) bond motifs is 5. The number of hydrogen-bond acceptors (Lipinski definition) is 3. The SMILES string of the molecule is C#CC[C@]12CCC(=O)CC1=CC[C@@H]1[C@@H]2CC[C@]2(C)C(OC(C)=O)CC[C@@H]12. The quantitative estimate of drug-likeness (QED) is 0.418. The smallest absolute Gasteiger partial charge is 0.302 e. The second kappa shape index (κ2) is 6.25. The van der Waals surface area contributed by atoms with Crippen molar-refractivity contribution in [2.75, 3.05) is 0 Å². The van der Waals surface area contributed by atoms with E-state index in [0.717, 1.165) is 44.9 Å². The second-order valence-electron chi connectivity index (χ2n) is 9.31. The van der Waals surface area contributed by atoms with Crippen molar-refractivity contribution < 1.29 is 14.3 Å². The molecular weight excluding hydrogens is 324 g/mol. The molecular formula is C23H30O3. The third-order valence-corrected chi connectivity index (χ3v) is 8.30. The van der Waals surface area contributed by atoms with Gasteiger partial charge in [-0.25, -0.2) is 0 Å². The van der Waals surface area contributed by atoms with E-state index in [1.165, 1.54) is 12.5 Å². The zero-order chi connectivity index (χ0) is 18.5. The summed E-state index contributed by atoms with van der Waals surface area (Å²) in [4.78, 5) is 23.6. The van der Waals surface area contributed by atoms with Gasteiger partial charge in [0.15, 0.2) is 0 Å². The van der Waals surface area contributed by atoms with Crippen LogP contribution in [0.1, 0.15) is 71.6 Å². The number of rotatable bonds is 2. The van der Waals surface area contributed by atoms with E-state index in [0.29, 0.717) is 36.4 Å². The fraction of sp³-hybridized carbons (Fsp3) is 0.739. The lowest BCUT2D eigenvalue weighted by Crippen LogP contribution is -2.52. The molecule has 0 amide bonds. The fourth-order valence-corrected chi connectivity index (χ4v) is 7.14. The highest BCUT2D eigenvalue weighted by Crippen LogP contribution is 2.65. The molecule has 0 N–H and O–H groups in total. The van der Waals surface area contributed by atoms with Gasteiger partial charge in [0.1, 0.15) is 11.9 Å². The normalized spacial score (nSPS) is 44.2. The van der Waals surface area contributed by atoms with Crippen molar-refractivity contribution in [2.24, 2.45) is 28.6 Å². The molecule has 3 heteroatoms. The van der Waals surface area contributed by atoms with Crippen LogP contribution in [0.3, 0.4) is 0 Å². The van der Waals surface area contributed by atoms with Crippen LogP contribution in [0.15, 0.2) is 11.6 Å². The van der Waals surface area contributed by atoms with Gasteiger partial charge in [-0.15, -0.1) is 12.3 Å². The van der Waals surface area contributed by atoms with Gasteiger partial charge in [0, 0.05) is 37.0 Å². The molecule has 6 atom stereocenters. The van der Waals surface area contributed by atoms with E-state index in [2.05, 4.69) is 18.9 Å². The van der Waals surface area contributed by atoms with Crippen molar-refractivity contribution in [2.45, 2.75) is 77.7 Å². The summed E-state index contributed by atoms with van der Waals surface area (Å²) in [5.74, 6) is 4.97. The second-order valence-corrected chi connectivity index (χ2v) is 9.31. The Labute approximate surface area is 156 Å². The number of carbonyl (C=O) groups is 2. The average molecular weight is 354 g/mol. The largest absolute Gasteiger partial charge is 0.462 e. The summed E-state index contributed by atoms with van der Waals surface area (Å²) >= 11 is 0. The van der Waals surface area contributed by atoms with Crippen LogP contribution in [0.4, 0.5) is 0 Å². The molecule has 4 rings (SSSR count). The maximum absolute atomic E-state index is 12.1. The standard InChI is InChI=1S/C23H30O3/c1-4-11-23-13-9-17(25)14-16(23)5-6-18-19-7-8-21(26-15(2)24)22(19,3)12-10-20(18)23/h1,5,18-21H,6-14H2,2-3H3/t18-,19-,20-,21?,22-,23-/m0/s1. The Hall–Kier alpha value is -1.56. The molecule has 0 aromatic rings. The molecule has 4 aliphatic carbocycles. The van der Waals surface area contributed by atoms with Crippen LogP contribution in [0.2, 0.25) is 0 Å². The van der Waals surface area contributed by atoms with E-state index in [9.17, 15) is 9.59 Å². The van der Waals surface area contributed by atoms with Gasteiger partial charge in [0.2, 0.25) is 0 Å². The number of ketones is 1. The molecule has 0 spiro atoms. The van der Waals surface area contributed by atoms with Gasteiger partial charge in [0.25, 0.3) is 0 Å². The van der Waals surface area contributed by atoms with Gasteiger partial charge in [-0.1, -0.05) is 18.6 Å². The summed E-state index contributed by atoms with van der Waals surface area (Å²) in [5.41, 5.74) is 1.48. The van der Waals surface area contributed by atoms with Gasteiger partial charge >= 0.3 is 5.97 Å². The van der Waals surface area contributed by atoms with E-state index in [-0.39, 0.29) is 22.9 Å². The predicted octanol–water partition coefficient (Wildman–Crippen LogP) is 4.45. The first kappa shape index (κ1) is 17.8. The zero-order valence-corrected chi connectivity index (χ0v) is 16.1. The van der Waals surface area contributed by atoms with Gasteiger partial charge in [0.05, 0.1) is 0 Å². The maximum atomic E-state index is 12.1. The Morgan fingerprint density at radius 1 is 1.31 bits per heavy atom. The van der Waals surface area contributed by atoms with E-state index in [1.54, 1.807) is 0 Å². The minimum Gasteiger partial charge on any atom is -0.462 e. The van der Waals surface area contributed by atoms with E-state index in [4.69, 9.17) is 11.2 Å². The lowest BCUT2D eigenvalue weighted by Gasteiger charge is -2.57. The average Bonchev–Trinajstić information content (AvgIpc) is 2.91. The van der Waals surface area contributed by atoms with E-state index >= 15 is 0 Å². The molecule has 0 heterocycles. The molecule has 26 heavy (non-hydrogen) atoms. The third kappa shape index (κ3) is 2.48. The Kier molecular flexibility index (Phi) is 4.29. The minimum absolute atomic E-state index is 0.0480. The lowest BCUT2D eigenvalue weighted by molar-refractivity contribution is -0.156. The Morgan fingerprint density at radius 3 is 2.85 bits per heavy atom. The highest BCUT2D eigenvalue weighted by Gasteiger charge is 2.60. The fourth-order valence-electron chi connectivity index (χ4n) is 7.14. The van der Waals surface area contributed by atoms with Crippen molar-refractivity contribution in [3.8, 4) is 12.3 Å². The number of terminal acetylenes is 1.